The van der Waals surface area contributed by atoms with E-state index >= 15 is 0 Å². The fraction of sp³-hybridized carbons (Fsp3) is 0.167. The number of hydrogen-bond donors (Lipinski definition) is 2. The molecule has 2 N–H and O–H groups in total. The molecule has 0 aliphatic rings. The van der Waals surface area contributed by atoms with Crippen molar-refractivity contribution in [2.75, 3.05) is 12.4 Å². The molecule has 16 heavy (non-hydrogen) atoms. The minimum absolute atomic E-state index is 0.155. The highest BCUT2D eigenvalue weighted by Crippen LogP contribution is 2.10. The third-order valence-electron chi connectivity index (χ3n) is 2.02. The van der Waals surface area contributed by atoms with Crippen molar-refractivity contribution in [3.8, 4) is 0 Å². The summed E-state index contributed by atoms with van der Waals surface area (Å²) in [4.78, 5) is 22.5. The Labute approximate surface area is 94.4 Å². The second-order valence-corrected chi connectivity index (χ2v) is 3.39. The summed E-state index contributed by atoms with van der Waals surface area (Å²) in [5.74, 6) is -0.384. The van der Waals surface area contributed by atoms with Crippen LogP contribution >= 0.6 is 0 Å². The van der Waals surface area contributed by atoms with E-state index in [1.807, 2.05) is 0 Å². The van der Waals surface area contributed by atoms with E-state index in [9.17, 15) is 9.59 Å². The fourth-order valence-electron chi connectivity index (χ4n) is 1.09. The molecule has 0 aliphatic heterocycles. The first-order valence-electron chi connectivity index (χ1n) is 4.83. The van der Waals surface area contributed by atoms with E-state index in [0.717, 1.165) is 0 Å². The summed E-state index contributed by atoms with van der Waals surface area (Å²) in [6, 6.07) is 6.64. The summed E-state index contributed by atoms with van der Waals surface area (Å²) < 4.78 is 0. The molecule has 1 rings (SSSR count). The zero-order chi connectivity index (χ0) is 12.1. The molecule has 0 aliphatic carbocycles. The van der Waals surface area contributed by atoms with Gasteiger partial charge in [-0.3, -0.25) is 9.59 Å². The van der Waals surface area contributed by atoms with E-state index in [1.165, 1.54) is 0 Å². The van der Waals surface area contributed by atoms with Gasteiger partial charge in [-0.1, -0.05) is 6.58 Å². The summed E-state index contributed by atoms with van der Waals surface area (Å²) in [6.07, 6.45) is 0. The highest BCUT2D eigenvalue weighted by molar-refractivity contribution is 6.03. The first kappa shape index (κ1) is 12.0. The van der Waals surface area contributed by atoms with Crippen molar-refractivity contribution >= 4 is 17.5 Å². The molecule has 0 atom stereocenters. The van der Waals surface area contributed by atoms with Crippen molar-refractivity contribution in [3.05, 3.63) is 42.0 Å². The Morgan fingerprint density at radius 2 is 1.75 bits per heavy atom. The Bertz CT molecular complexity index is 421. The molecule has 84 valence electrons. The molecule has 4 heteroatoms. The Balaban J connectivity index is 2.76. The lowest BCUT2D eigenvalue weighted by Crippen LogP contribution is -2.17. The van der Waals surface area contributed by atoms with Crippen molar-refractivity contribution in [1.82, 2.24) is 5.32 Å². The molecule has 4 nitrogen and oxygen atoms in total. The molecule has 1 aromatic carbocycles. The monoisotopic (exact) mass is 218 g/mol. The van der Waals surface area contributed by atoms with Gasteiger partial charge in [0.05, 0.1) is 0 Å². The van der Waals surface area contributed by atoms with E-state index < -0.39 is 0 Å². The van der Waals surface area contributed by atoms with E-state index in [2.05, 4.69) is 17.2 Å². The van der Waals surface area contributed by atoms with Gasteiger partial charge < -0.3 is 10.6 Å². The number of benzene rings is 1. The fourth-order valence-corrected chi connectivity index (χ4v) is 1.09. The van der Waals surface area contributed by atoms with Crippen LogP contribution in [0.4, 0.5) is 5.69 Å². The number of carbonyl (C=O) groups is 2. The molecule has 0 saturated heterocycles. The summed E-state index contributed by atoms with van der Waals surface area (Å²) in [7, 11) is 1.57. The number of carbonyl (C=O) groups excluding carboxylic acids is 2. The standard InChI is InChI=1S/C12H14N2O2/c1-8(2)11(15)14-10-6-4-9(5-7-10)12(16)13-3/h4-7H,1H2,2-3H3,(H,13,16)(H,14,15). The molecule has 0 radical (unpaired) electrons. The van der Waals surface area contributed by atoms with Crippen LogP contribution in [0, 0.1) is 0 Å². The summed E-state index contributed by atoms with van der Waals surface area (Å²) in [5, 5.41) is 5.17. The van der Waals surface area contributed by atoms with Crippen molar-refractivity contribution in [3.63, 3.8) is 0 Å². The Morgan fingerprint density at radius 3 is 2.19 bits per heavy atom. The van der Waals surface area contributed by atoms with Gasteiger partial charge in [0.15, 0.2) is 0 Å². The van der Waals surface area contributed by atoms with Gasteiger partial charge >= 0.3 is 0 Å². The Hall–Kier alpha value is -2.10. The maximum Gasteiger partial charge on any atom is 0.251 e. The van der Waals surface area contributed by atoms with Crippen LogP contribution in [0.15, 0.2) is 36.4 Å². The molecule has 0 unspecified atom stereocenters. The third kappa shape index (κ3) is 2.95. The molecule has 2 amide bonds. The van der Waals surface area contributed by atoms with Crippen LogP contribution < -0.4 is 10.6 Å². The molecule has 0 heterocycles. The summed E-state index contributed by atoms with van der Waals surface area (Å²) >= 11 is 0. The SMILES string of the molecule is C=C(C)C(=O)Nc1ccc(C(=O)NC)cc1. The van der Waals surface area contributed by atoms with Crippen molar-refractivity contribution in [1.29, 1.82) is 0 Å². The van der Waals surface area contributed by atoms with Crippen LogP contribution in [0.2, 0.25) is 0 Å². The van der Waals surface area contributed by atoms with Crippen LogP contribution in [0.3, 0.4) is 0 Å². The van der Waals surface area contributed by atoms with Gasteiger partial charge in [0.2, 0.25) is 0 Å². The third-order valence-corrected chi connectivity index (χ3v) is 2.02. The quantitative estimate of drug-likeness (QED) is 0.756. The Kier molecular flexibility index (Phi) is 3.83. The lowest BCUT2D eigenvalue weighted by atomic mass is 10.2. The normalized spacial score (nSPS) is 9.38. The smallest absolute Gasteiger partial charge is 0.251 e. The van der Waals surface area contributed by atoms with Crippen molar-refractivity contribution in [2.24, 2.45) is 0 Å². The summed E-state index contributed by atoms with van der Waals surface area (Å²) in [6.45, 7) is 5.17. The zero-order valence-electron chi connectivity index (χ0n) is 9.33. The van der Waals surface area contributed by atoms with E-state index in [-0.39, 0.29) is 11.8 Å². The molecule has 1 aromatic rings. The molecule has 0 fully saturated rings. The minimum Gasteiger partial charge on any atom is -0.355 e. The summed E-state index contributed by atoms with van der Waals surface area (Å²) in [5.41, 5.74) is 1.63. The highest BCUT2D eigenvalue weighted by atomic mass is 16.2. The average Bonchev–Trinajstić information content (AvgIpc) is 2.28. The zero-order valence-corrected chi connectivity index (χ0v) is 9.33. The maximum absolute atomic E-state index is 11.3. The van der Waals surface area contributed by atoms with Gasteiger partial charge in [-0.2, -0.15) is 0 Å². The van der Waals surface area contributed by atoms with Crippen LogP contribution in [-0.4, -0.2) is 18.9 Å². The van der Waals surface area contributed by atoms with Crippen LogP contribution in [0.1, 0.15) is 17.3 Å². The number of nitrogens with one attached hydrogen (secondary N) is 2. The molecular weight excluding hydrogens is 204 g/mol. The van der Waals surface area contributed by atoms with E-state index in [1.54, 1.807) is 38.2 Å². The number of rotatable bonds is 3. The van der Waals surface area contributed by atoms with Gasteiger partial charge in [0, 0.05) is 23.9 Å². The van der Waals surface area contributed by atoms with Gasteiger partial charge in [-0.05, 0) is 31.2 Å². The number of hydrogen-bond acceptors (Lipinski definition) is 2. The van der Waals surface area contributed by atoms with Crippen LogP contribution in [-0.2, 0) is 4.79 Å². The van der Waals surface area contributed by atoms with E-state index in [4.69, 9.17) is 0 Å². The second-order valence-electron chi connectivity index (χ2n) is 3.39. The predicted molar refractivity (Wildman–Crippen MR) is 63.3 cm³/mol. The van der Waals surface area contributed by atoms with E-state index in [0.29, 0.717) is 16.8 Å². The molecule has 0 saturated carbocycles. The average molecular weight is 218 g/mol. The molecule has 0 spiro atoms. The largest absolute Gasteiger partial charge is 0.355 e. The van der Waals surface area contributed by atoms with Crippen molar-refractivity contribution in [2.45, 2.75) is 6.92 Å². The molecule has 0 bridgehead atoms. The number of amides is 2. The van der Waals surface area contributed by atoms with Gasteiger partial charge in [0.25, 0.3) is 11.8 Å². The predicted octanol–water partition coefficient (Wildman–Crippen LogP) is 1.56. The first-order chi connectivity index (χ1) is 7.54. The minimum atomic E-state index is -0.229. The topological polar surface area (TPSA) is 58.2 Å². The molecule has 0 aromatic heterocycles. The maximum atomic E-state index is 11.3. The molecular formula is C12H14N2O2. The number of anilines is 1. The van der Waals surface area contributed by atoms with Crippen LogP contribution in [0.5, 0.6) is 0 Å². The van der Waals surface area contributed by atoms with Gasteiger partial charge in [-0.25, -0.2) is 0 Å². The van der Waals surface area contributed by atoms with Crippen LogP contribution in [0.25, 0.3) is 0 Å². The van der Waals surface area contributed by atoms with Gasteiger partial charge in [0.1, 0.15) is 0 Å². The highest BCUT2D eigenvalue weighted by Gasteiger charge is 2.04. The lowest BCUT2D eigenvalue weighted by Gasteiger charge is -2.05. The first-order valence-corrected chi connectivity index (χ1v) is 4.83. The second kappa shape index (κ2) is 5.11. The van der Waals surface area contributed by atoms with Gasteiger partial charge in [-0.15, -0.1) is 0 Å². The lowest BCUT2D eigenvalue weighted by molar-refractivity contribution is -0.112. The van der Waals surface area contributed by atoms with Crippen molar-refractivity contribution < 1.29 is 9.59 Å². The Morgan fingerprint density at radius 1 is 1.19 bits per heavy atom.